The Balaban J connectivity index is 1.97. The van der Waals surface area contributed by atoms with Crippen molar-refractivity contribution in [2.75, 3.05) is 19.6 Å². The second-order valence-corrected chi connectivity index (χ2v) is 7.10. The monoisotopic (exact) mass is 302 g/mol. The highest BCUT2D eigenvalue weighted by Crippen LogP contribution is 2.16. The summed E-state index contributed by atoms with van der Waals surface area (Å²) < 4.78 is 26.9. The van der Waals surface area contributed by atoms with Crippen molar-refractivity contribution in [2.45, 2.75) is 30.7 Å². The van der Waals surface area contributed by atoms with E-state index >= 15 is 0 Å². The molecule has 0 spiro atoms. The van der Waals surface area contributed by atoms with Crippen molar-refractivity contribution < 1.29 is 8.42 Å². The molecule has 1 aliphatic heterocycles. The van der Waals surface area contributed by atoms with Crippen molar-refractivity contribution in [3.05, 3.63) is 29.3 Å². The molecule has 1 aromatic carbocycles. The number of nitrogens with zero attached hydrogens (tertiary/aromatic N) is 1. The van der Waals surface area contributed by atoms with Crippen LogP contribution in [0.5, 0.6) is 0 Å². The molecule has 1 heterocycles. The highest BCUT2D eigenvalue weighted by molar-refractivity contribution is 7.89. The highest BCUT2D eigenvalue weighted by Gasteiger charge is 2.21. The van der Waals surface area contributed by atoms with Crippen molar-refractivity contribution >= 4 is 21.6 Å². The number of hydrogen-bond acceptors (Lipinski definition) is 3. The average Bonchev–Trinajstić information content (AvgIpc) is 2.90. The minimum Gasteiger partial charge on any atom is -0.299 e. The molecular formula is C13H19ClN2O2S. The smallest absolute Gasteiger partial charge is 0.240 e. The number of rotatable bonds is 5. The fourth-order valence-electron chi connectivity index (χ4n) is 2.26. The van der Waals surface area contributed by atoms with E-state index in [0.717, 1.165) is 13.1 Å². The molecule has 0 aliphatic carbocycles. The van der Waals surface area contributed by atoms with E-state index in [4.69, 9.17) is 11.6 Å². The molecular weight excluding hydrogens is 284 g/mol. The van der Waals surface area contributed by atoms with Gasteiger partial charge >= 0.3 is 0 Å². The predicted octanol–water partition coefficient (Wildman–Crippen LogP) is 2.10. The van der Waals surface area contributed by atoms with Gasteiger partial charge in [-0.15, -0.1) is 0 Å². The molecule has 1 saturated heterocycles. The van der Waals surface area contributed by atoms with Gasteiger partial charge in [0.05, 0.1) is 4.90 Å². The minimum absolute atomic E-state index is 0.216. The van der Waals surface area contributed by atoms with E-state index in [0.29, 0.717) is 11.6 Å². The summed E-state index contributed by atoms with van der Waals surface area (Å²) >= 11 is 5.82. The van der Waals surface area contributed by atoms with Gasteiger partial charge in [0.1, 0.15) is 0 Å². The second kappa shape index (κ2) is 6.22. The third-order valence-corrected chi connectivity index (χ3v) is 5.10. The van der Waals surface area contributed by atoms with Gasteiger partial charge in [-0.25, -0.2) is 13.1 Å². The molecule has 0 saturated carbocycles. The van der Waals surface area contributed by atoms with Crippen LogP contribution in [0.2, 0.25) is 5.02 Å². The number of benzene rings is 1. The Labute approximate surface area is 119 Å². The zero-order valence-electron chi connectivity index (χ0n) is 11.0. The van der Waals surface area contributed by atoms with E-state index in [1.54, 1.807) is 18.2 Å². The van der Waals surface area contributed by atoms with Crippen LogP contribution in [0.3, 0.4) is 0 Å². The summed E-state index contributed by atoms with van der Waals surface area (Å²) in [4.78, 5) is 2.52. The van der Waals surface area contributed by atoms with Crippen LogP contribution >= 0.6 is 11.6 Å². The van der Waals surface area contributed by atoms with Crippen LogP contribution in [-0.4, -0.2) is 39.0 Å². The van der Waals surface area contributed by atoms with Gasteiger partial charge in [-0.1, -0.05) is 17.7 Å². The second-order valence-electron chi connectivity index (χ2n) is 4.90. The van der Waals surface area contributed by atoms with E-state index in [1.165, 1.54) is 18.9 Å². The lowest BCUT2D eigenvalue weighted by Crippen LogP contribution is -2.40. The average molecular weight is 303 g/mol. The minimum atomic E-state index is -3.47. The molecule has 1 fully saturated rings. The van der Waals surface area contributed by atoms with Crippen LogP contribution in [0.4, 0.5) is 0 Å². The maximum Gasteiger partial charge on any atom is 0.240 e. The first-order chi connectivity index (χ1) is 8.99. The fourth-order valence-corrected chi connectivity index (χ4v) is 3.68. The summed E-state index contributed by atoms with van der Waals surface area (Å²) in [6.07, 6.45) is 2.40. The lowest BCUT2D eigenvalue weighted by Gasteiger charge is -2.23. The van der Waals surface area contributed by atoms with Crippen molar-refractivity contribution in [1.29, 1.82) is 0 Å². The van der Waals surface area contributed by atoms with Gasteiger partial charge in [-0.3, -0.25) is 4.90 Å². The van der Waals surface area contributed by atoms with Gasteiger partial charge in [-0.2, -0.15) is 0 Å². The van der Waals surface area contributed by atoms with E-state index in [2.05, 4.69) is 9.62 Å². The highest BCUT2D eigenvalue weighted by atomic mass is 35.5. The third-order valence-electron chi connectivity index (χ3n) is 3.44. The van der Waals surface area contributed by atoms with Crippen LogP contribution in [-0.2, 0) is 10.0 Å². The Bertz CT molecular complexity index is 527. The molecule has 1 unspecified atom stereocenters. The van der Waals surface area contributed by atoms with Crippen LogP contribution in [0.25, 0.3) is 0 Å². The fraction of sp³-hybridized carbons (Fsp3) is 0.538. The maximum atomic E-state index is 12.1. The number of nitrogens with one attached hydrogen (secondary N) is 1. The molecule has 0 bridgehead atoms. The van der Waals surface area contributed by atoms with Crippen LogP contribution < -0.4 is 4.72 Å². The molecule has 1 N–H and O–H groups in total. The van der Waals surface area contributed by atoms with Gasteiger partial charge in [-0.05, 0) is 51.1 Å². The molecule has 1 aromatic rings. The van der Waals surface area contributed by atoms with Crippen molar-refractivity contribution in [3.63, 3.8) is 0 Å². The first kappa shape index (κ1) is 14.8. The molecule has 2 rings (SSSR count). The van der Waals surface area contributed by atoms with E-state index in [-0.39, 0.29) is 10.9 Å². The molecule has 0 radical (unpaired) electrons. The Hall–Kier alpha value is -0.620. The third kappa shape index (κ3) is 3.92. The van der Waals surface area contributed by atoms with Gasteiger partial charge in [0.25, 0.3) is 0 Å². The molecule has 106 valence electrons. The molecule has 6 heteroatoms. The van der Waals surface area contributed by atoms with Crippen molar-refractivity contribution in [1.82, 2.24) is 9.62 Å². The van der Waals surface area contributed by atoms with E-state index in [9.17, 15) is 8.42 Å². The Morgan fingerprint density at radius 3 is 2.68 bits per heavy atom. The number of hydrogen-bond donors (Lipinski definition) is 1. The number of halogens is 1. The number of sulfonamides is 1. The normalized spacial score (nSPS) is 18.6. The molecule has 19 heavy (non-hydrogen) atoms. The lowest BCUT2D eigenvalue weighted by atomic mass is 10.3. The molecule has 4 nitrogen and oxygen atoms in total. The van der Waals surface area contributed by atoms with E-state index < -0.39 is 10.0 Å². The van der Waals surface area contributed by atoms with Gasteiger partial charge in [0.2, 0.25) is 10.0 Å². The lowest BCUT2D eigenvalue weighted by molar-refractivity contribution is 0.260. The first-order valence-corrected chi connectivity index (χ1v) is 8.34. The quantitative estimate of drug-likeness (QED) is 0.906. The van der Waals surface area contributed by atoms with E-state index in [1.807, 2.05) is 6.92 Å². The van der Waals surface area contributed by atoms with Crippen LogP contribution in [0, 0.1) is 0 Å². The Morgan fingerprint density at radius 1 is 1.37 bits per heavy atom. The van der Waals surface area contributed by atoms with Gasteiger partial charge < -0.3 is 0 Å². The predicted molar refractivity (Wildman–Crippen MR) is 76.9 cm³/mol. The maximum absolute atomic E-state index is 12.1. The number of likely N-dealkylation sites (tertiary alicyclic amines) is 1. The van der Waals surface area contributed by atoms with Gasteiger partial charge in [0, 0.05) is 17.6 Å². The molecule has 1 atom stereocenters. The standard InChI is InChI=1S/C13H19ClN2O2S/c1-11(16-7-2-3-8-16)10-15-19(17,18)13-6-4-5-12(14)9-13/h4-6,9,11,15H,2-3,7-8,10H2,1H3. The molecule has 1 aliphatic rings. The van der Waals surface area contributed by atoms with Crippen molar-refractivity contribution in [2.24, 2.45) is 0 Å². The zero-order chi connectivity index (χ0) is 13.9. The topological polar surface area (TPSA) is 49.4 Å². The summed E-state index contributed by atoms with van der Waals surface area (Å²) in [6.45, 7) is 4.58. The Kier molecular flexibility index (Phi) is 4.84. The van der Waals surface area contributed by atoms with Gasteiger partial charge in [0.15, 0.2) is 0 Å². The zero-order valence-corrected chi connectivity index (χ0v) is 12.5. The summed E-state index contributed by atoms with van der Waals surface area (Å²) in [5, 5.41) is 0.426. The Morgan fingerprint density at radius 2 is 2.05 bits per heavy atom. The molecule has 0 amide bonds. The molecule has 0 aromatic heterocycles. The first-order valence-electron chi connectivity index (χ1n) is 6.48. The van der Waals surface area contributed by atoms with Crippen LogP contribution in [0.15, 0.2) is 29.2 Å². The summed E-state index contributed by atoms with van der Waals surface area (Å²) in [7, 11) is -3.47. The summed E-state index contributed by atoms with van der Waals surface area (Å²) in [5.41, 5.74) is 0. The van der Waals surface area contributed by atoms with Crippen molar-refractivity contribution in [3.8, 4) is 0 Å². The summed E-state index contributed by atoms with van der Waals surface area (Å²) in [6, 6.07) is 6.53. The summed E-state index contributed by atoms with van der Waals surface area (Å²) in [5.74, 6) is 0. The largest absolute Gasteiger partial charge is 0.299 e. The van der Waals surface area contributed by atoms with Crippen LogP contribution in [0.1, 0.15) is 19.8 Å². The SMILES string of the molecule is CC(CNS(=O)(=O)c1cccc(Cl)c1)N1CCCC1.